The highest BCUT2D eigenvalue weighted by Gasteiger charge is 2.37. The number of rotatable bonds is 7. The Bertz CT molecular complexity index is 846. The smallest absolute Gasteiger partial charge is 0.321 e. The molecule has 0 unspecified atom stereocenters. The molecule has 0 saturated carbocycles. The van der Waals surface area contributed by atoms with Gasteiger partial charge in [0, 0.05) is 10.2 Å². The summed E-state index contributed by atoms with van der Waals surface area (Å²) < 4.78 is 0.435. The molecule has 0 heterocycles. The first-order chi connectivity index (χ1) is 13.0. The van der Waals surface area contributed by atoms with E-state index in [2.05, 4.69) is 52.3 Å². The number of carboxylic acid groups (broad SMARTS) is 1. The molecule has 3 aromatic rings. The Morgan fingerprint density at radius 1 is 0.889 bits per heavy atom. The Kier molecular flexibility index (Phi) is 6.37. The van der Waals surface area contributed by atoms with Crippen molar-refractivity contribution in [2.75, 3.05) is 5.75 Å². The van der Waals surface area contributed by atoms with Crippen LogP contribution in [0.5, 0.6) is 0 Å². The molecule has 27 heavy (non-hydrogen) atoms. The number of hydrogen-bond acceptors (Lipinski definition) is 3. The van der Waals surface area contributed by atoms with Crippen molar-refractivity contribution in [3.05, 3.63) is 106 Å². The van der Waals surface area contributed by atoms with Crippen LogP contribution in [0.1, 0.15) is 16.7 Å². The molecule has 3 aromatic carbocycles. The molecule has 0 aliphatic rings. The van der Waals surface area contributed by atoms with Gasteiger partial charge in [-0.1, -0.05) is 88.7 Å². The molecule has 0 fully saturated rings. The fourth-order valence-electron chi connectivity index (χ4n) is 3.07. The third-order valence-corrected chi connectivity index (χ3v) is 6.60. The Morgan fingerprint density at radius 3 is 1.78 bits per heavy atom. The Balaban J connectivity index is 2.21. The molecule has 0 bridgehead atoms. The van der Waals surface area contributed by atoms with Gasteiger partial charge in [0.1, 0.15) is 6.04 Å². The molecule has 0 aliphatic heterocycles. The molecule has 3 rings (SSSR count). The molecule has 5 heteroatoms. The number of carboxylic acids is 1. The van der Waals surface area contributed by atoms with Crippen molar-refractivity contribution in [3.63, 3.8) is 0 Å². The lowest BCUT2D eigenvalue weighted by Gasteiger charge is -2.36. The van der Waals surface area contributed by atoms with Crippen LogP contribution in [0.4, 0.5) is 0 Å². The van der Waals surface area contributed by atoms with Crippen molar-refractivity contribution < 1.29 is 9.90 Å². The third-order valence-electron chi connectivity index (χ3n) is 4.41. The van der Waals surface area contributed by atoms with E-state index in [9.17, 15) is 9.90 Å². The van der Waals surface area contributed by atoms with Crippen molar-refractivity contribution >= 4 is 33.7 Å². The van der Waals surface area contributed by atoms with Crippen LogP contribution in [0, 0.1) is 0 Å². The normalized spacial score (nSPS) is 12.5. The van der Waals surface area contributed by atoms with Gasteiger partial charge in [0.05, 0.1) is 4.75 Å². The number of aliphatic carboxylic acids is 1. The summed E-state index contributed by atoms with van der Waals surface area (Å²) >= 11 is 5.05. The minimum atomic E-state index is -0.992. The summed E-state index contributed by atoms with van der Waals surface area (Å²) in [6, 6.07) is 27.5. The molecule has 0 aromatic heterocycles. The van der Waals surface area contributed by atoms with E-state index in [1.165, 1.54) is 0 Å². The fourth-order valence-corrected chi connectivity index (χ4v) is 4.81. The minimum Gasteiger partial charge on any atom is -0.480 e. The molecule has 1 atom stereocenters. The Morgan fingerprint density at radius 2 is 1.33 bits per heavy atom. The van der Waals surface area contributed by atoms with Crippen LogP contribution in [0.25, 0.3) is 0 Å². The van der Waals surface area contributed by atoms with Gasteiger partial charge in [-0.15, -0.1) is 11.8 Å². The Hall–Kier alpha value is -2.08. The molecular weight excluding hydrogens is 422 g/mol. The van der Waals surface area contributed by atoms with Crippen LogP contribution in [0.3, 0.4) is 0 Å². The number of nitrogens with two attached hydrogens (primary N) is 1. The topological polar surface area (TPSA) is 63.3 Å². The highest BCUT2D eigenvalue weighted by molar-refractivity contribution is 9.10. The summed E-state index contributed by atoms with van der Waals surface area (Å²) in [5, 5.41) is 9.28. The highest BCUT2D eigenvalue weighted by Crippen LogP contribution is 2.48. The van der Waals surface area contributed by atoms with E-state index in [1.807, 2.05) is 48.5 Å². The zero-order valence-electron chi connectivity index (χ0n) is 14.6. The third kappa shape index (κ3) is 4.26. The number of benzene rings is 3. The second-order valence-corrected chi connectivity index (χ2v) is 8.33. The van der Waals surface area contributed by atoms with Crippen LogP contribution in [0.15, 0.2) is 89.4 Å². The SMILES string of the molecule is N[C@H](CSC(c1ccccc1)(c1ccccc1)c1ccc(Br)cc1)C(=O)O. The van der Waals surface area contributed by atoms with Crippen molar-refractivity contribution in [2.24, 2.45) is 5.73 Å². The predicted molar refractivity (Wildman–Crippen MR) is 115 cm³/mol. The highest BCUT2D eigenvalue weighted by atomic mass is 79.9. The molecule has 0 saturated heterocycles. The van der Waals surface area contributed by atoms with Gasteiger partial charge in [-0.05, 0) is 28.8 Å². The maximum absolute atomic E-state index is 11.3. The molecule has 3 N–H and O–H groups in total. The maximum Gasteiger partial charge on any atom is 0.321 e. The molecule has 138 valence electrons. The molecule has 0 radical (unpaired) electrons. The van der Waals surface area contributed by atoms with Gasteiger partial charge in [-0.3, -0.25) is 4.79 Å². The van der Waals surface area contributed by atoms with Crippen LogP contribution in [-0.4, -0.2) is 22.9 Å². The first-order valence-electron chi connectivity index (χ1n) is 8.53. The van der Waals surface area contributed by atoms with Gasteiger partial charge in [0.15, 0.2) is 0 Å². The van der Waals surface area contributed by atoms with Gasteiger partial charge >= 0.3 is 5.97 Å². The van der Waals surface area contributed by atoms with E-state index in [0.29, 0.717) is 0 Å². The summed E-state index contributed by atoms with van der Waals surface area (Å²) in [5.74, 6) is -0.705. The van der Waals surface area contributed by atoms with Crippen LogP contribution >= 0.6 is 27.7 Å². The van der Waals surface area contributed by atoms with Crippen LogP contribution in [0.2, 0.25) is 0 Å². The average molecular weight is 442 g/mol. The number of halogens is 1. The van der Waals surface area contributed by atoms with Crippen molar-refractivity contribution in [3.8, 4) is 0 Å². The first-order valence-corrected chi connectivity index (χ1v) is 10.3. The van der Waals surface area contributed by atoms with Gasteiger partial charge < -0.3 is 10.8 Å². The van der Waals surface area contributed by atoms with Gasteiger partial charge in [0.25, 0.3) is 0 Å². The lowest BCUT2D eigenvalue weighted by atomic mass is 9.84. The predicted octanol–water partition coefficient (Wildman–Crippen LogP) is 4.89. The second-order valence-electron chi connectivity index (χ2n) is 6.18. The van der Waals surface area contributed by atoms with Crippen molar-refractivity contribution in [1.82, 2.24) is 0 Å². The van der Waals surface area contributed by atoms with E-state index in [1.54, 1.807) is 11.8 Å². The van der Waals surface area contributed by atoms with E-state index >= 15 is 0 Å². The van der Waals surface area contributed by atoms with E-state index in [0.717, 1.165) is 21.2 Å². The van der Waals surface area contributed by atoms with E-state index < -0.39 is 16.8 Å². The number of carbonyl (C=O) groups is 1. The quantitative estimate of drug-likeness (QED) is 0.512. The van der Waals surface area contributed by atoms with Gasteiger partial charge in [0.2, 0.25) is 0 Å². The monoisotopic (exact) mass is 441 g/mol. The Labute approximate surface area is 171 Å². The molecule has 0 spiro atoms. The number of hydrogen-bond donors (Lipinski definition) is 2. The van der Waals surface area contributed by atoms with Crippen molar-refractivity contribution in [1.29, 1.82) is 0 Å². The minimum absolute atomic E-state index is 0.287. The lowest BCUT2D eigenvalue weighted by Crippen LogP contribution is -2.36. The van der Waals surface area contributed by atoms with Gasteiger partial charge in [-0.25, -0.2) is 0 Å². The average Bonchev–Trinajstić information content (AvgIpc) is 2.71. The summed E-state index contributed by atoms with van der Waals surface area (Å²) in [5.41, 5.74) is 9.10. The van der Waals surface area contributed by atoms with E-state index in [-0.39, 0.29) is 5.75 Å². The first kappa shape index (κ1) is 19.7. The summed E-state index contributed by atoms with van der Waals surface area (Å²) in [6.07, 6.45) is 0. The summed E-state index contributed by atoms with van der Waals surface area (Å²) in [7, 11) is 0. The van der Waals surface area contributed by atoms with Gasteiger partial charge in [-0.2, -0.15) is 0 Å². The van der Waals surface area contributed by atoms with Crippen LogP contribution < -0.4 is 5.73 Å². The molecule has 3 nitrogen and oxygen atoms in total. The van der Waals surface area contributed by atoms with Crippen molar-refractivity contribution in [2.45, 2.75) is 10.8 Å². The summed E-state index contributed by atoms with van der Waals surface area (Å²) in [4.78, 5) is 11.3. The zero-order chi connectivity index (χ0) is 19.3. The standard InChI is InChI=1S/C22H20BrNO2S/c23-19-13-11-18(12-14-19)22(16-7-3-1-4-8-16,17-9-5-2-6-10-17)27-15-20(24)21(25)26/h1-14,20H,15,24H2,(H,25,26)/t20-/m1/s1. The summed E-state index contributed by atoms with van der Waals surface area (Å²) in [6.45, 7) is 0. The van der Waals surface area contributed by atoms with E-state index in [4.69, 9.17) is 5.73 Å². The molecule has 0 amide bonds. The fraction of sp³-hybridized carbons (Fsp3) is 0.136. The molecular formula is C22H20BrNO2S. The zero-order valence-corrected chi connectivity index (χ0v) is 17.0. The maximum atomic E-state index is 11.3. The number of thioether (sulfide) groups is 1. The largest absolute Gasteiger partial charge is 0.480 e. The van der Waals surface area contributed by atoms with Crippen LogP contribution in [-0.2, 0) is 9.54 Å². The second kappa shape index (κ2) is 8.74. The lowest BCUT2D eigenvalue weighted by molar-refractivity contribution is -0.137. The molecule has 0 aliphatic carbocycles.